The predicted molar refractivity (Wildman–Crippen MR) is 63.0 cm³/mol. The number of ether oxygens (including phenoxy) is 1. The maximum absolute atomic E-state index is 13.0. The maximum Gasteiger partial charge on any atom is 0.145 e. The van der Waals surface area contributed by atoms with E-state index in [4.69, 9.17) is 10.00 Å². The molecule has 0 amide bonds. The van der Waals surface area contributed by atoms with Gasteiger partial charge in [0, 0.05) is 18.2 Å². The summed E-state index contributed by atoms with van der Waals surface area (Å²) in [6.07, 6.45) is 0. The highest BCUT2D eigenvalue weighted by Gasteiger charge is 2.08. The molecule has 0 aromatic heterocycles. The van der Waals surface area contributed by atoms with Crippen LogP contribution in [0.1, 0.15) is 5.56 Å². The van der Waals surface area contributed by atoms with Gasteiger partial charge in [-0.05, 0) is 23.4 Å². The van der Waals surface area contributed by atoms with E-state index < -0.39 is 11.6 Å². The minimum absolute atomic E-state index is 0.0433. The Bertz CT molecular complexity index is 661. The van der Waals surface area contributed by atoms with Gasteiger partial charge < -0.3 is 4.74 Å². The van der Waals surface area contributed by atoms with Crippen LogP contribution in [0, 0.1) is 27.9 Å². The van der Waals surface area contributed by atoms with Crippen LogP contribution < -0.4 is 4.74 Å². The summed E-state index contributed by atoms with van der Waals surface area (Å²) in [5.74, 6) is -1.58. The van der Waals surface area contributed by atoms with Crippen molar-refractivity contribution in [2.75, 3.05) is 0 Å². The molecule has 0 saturated carbocycles. The third-order valence-electron chi connectivity index (χ3n) is 2.25. The lowest BCUT2D eigenvalue weighted by Gasteiger charge is -2.07. The molecule has 19 heavy (non-hydrogen) atoms. The zero-order chi connectivity index (χ0) is 13.8. The molecule has 0 N–H and O–H groups in total. The van der Waals surface area contributed by atoms with Gasteiger partial charge in [0.05, 0.1) is 5.56 Å². The standard InChI is InChI=1S/C13H6F2N2O2/c14-9-4-10(15)6-12(5-9)19-13-2-1-11(17-18)3-8(13)7-16/h1-6H. The van der Waals surface area contributed by atoms with Crippen molar-refractivity contribution in [2.24, 2.45) is 5.18 Å². The fourth-order valence-corrected chi connectivity index (χ4v) is 1.47. The summed E-state index contributed by atoms with van der Waals surface area (Å²) in [7, 11) is 0. The third-order valence-corrected chi connectivity index (χ3v) is 2.25. The molecular formula is C13H6F2N2O2. The van der Waals surface area contributed by atoms with Crippen molar-refractivity contribution < 1.29 is 13.5 Å². The zero-order valence-corrected chi connectivity index (χ0v) is 9.43. The van der Waals surface area contributed by atoms with Crippen molar-refractivity contribution in [3.05, 3.63) is 58.5 Å². The lowest BCUT2D eigenvalue weighted by molar-refractivity contribution is 0.467. The summed E-state index contributed by atoms with van der Waals surface area (Å²) in [5, 5.41) is 11.6. The molecule has 4 nitrogen and oxygen atoms in total. The van der Waals surface area contributed by atoms with Crippen molar-refractivity contribution in [2.45, 2.75) is 0 Å². The number of rotatable bonds is 3. The molecule has 0 spiro atoms. The molecule has 6 heteroatoms. The van der Waals surface area contributed by atoms with Crippen LogP contribution in [0.5, 0.6) is 11.5 Å². The molecule has 0 heterocycles. The third kappa shape index (κ3) is 2.90. The molecule has 0 atom stereocenters. The second kappa shape index (κ2) is 5.23. The van der Waals surface area contributed by atoms with Crippen LogP contribution >= 0.6 is 0 Å². The Labute approximate surface area is 106 Å². The van der Waals surface area contributed by atoms with Crippen LogP contribution in [-0.4, -0.2) is 0 Å². The molecule has 0 bridgehead atoms. The molecule has 0 saturated heterocycles. The smallest absolute Gasteiger partial charge is 0.145 e. The molecule has 0 aliphatic carbocycles. The average molecular weight is 260 g/mol. The van der Waals surface area contributed by atoms with E-state index >= 15 is 0 Å². The van der Waals surface area contributed by atoms with E-state index in [1.807, 2.05) is 6.07 Å². The second-order valence-electron chi connectivity index (χ2n) is 3.59. The summed E-state index contributed by atoms with van der Waals surface area (Å²) in [4.78, 5) is 10.3. The molecule has 0 fully saturated rings. The van der Waals surface area contributed by atoms with Gasteiger partial charge in [0.2, 0.25) is 0 Å². The molecule has 94 valence electrons. The van der Waals surface area contributed by atoms with E-state index in [0.29, 0.717) is 6.07 Å². The van der Waals surface area contributed by atoms with Gasteiger partial charge in [0.15, 0.2) is 0 Å². The Hall–Kier alpha value is -2.81. The summed E-state index contributed by atoms with van der Waals surface area (Å²) in [6.45, 7) is 0. The molecule has 2 rings (SSSR count). The number of nitrogens with zero attached hydrogens (tertiary/aromatic N) is 2. The normalized spacial score (nSPS) is 9.74. The number of hydrogen-bond donors (Lipinski definition) is 0. The van der Waals surface area contributed by atoms with Crippen molar-refractivity contribution in [3.63, 3.8) is 0 Å². The number of hydrogen-bond acceptors (Lipinski definition) is 4. The van der Waals surface area contributed by atoms with E-state index in [1.54, 1.807) is 0 Å². The highest BCUT2D eigenvalue weighted by Crippen LogP contribution is 2.29. The minimum Gasteiger partial charge on any atom is -0.456 e. The predicted octanol–water partition coefficient (Wildman–Crippen LogP) is 4.03. The van der Waals surface area contributed by atoms with Crippen LogP contribution in [0.2, 0.25) is 0 Å². The zero-order valence-electron chi connectivity index (χ0n) is 9.43. The molecule has 0 aliphatic rings. The molecule has 2 aromatic rings. The topological polar surface area (TPSA) is 62.5 Å². The van der Waals surface area contributed by atoms with Gasteiger partial charge >= 0.3 is 0 Å². The van der Waals surface area contributed by atoms with E-state index in [2.05, 4.69) is 5.18 Å². The molecule has 0 aliphatic heterocycles. The van der Waals surface area contributed by atoms with Crippen LogP contribution in [0.25, 0.3) is 0 Å². The first-order chi connectivity index (χ1) is 9.12. The summed E-state index contributed by atoms with van der Waals surface area (Å²) >= 11 is 0. The Morgan fingerprint density at radius 2 is 1.79 bits per heavy atom. The van der Waals surface area contributed by atoms with Crippen molar-refractivity contribution in [3.8, 4) is 17.6 Å². The fourth-order valence-electron chi connectivity index (χ4n) is 1.47. The highest BCUT2D eigenvalue weighted by molar-refractivity contribution is 5.53. The first-order valence-corrected chi connectivity index (χ1v) is 5.14. The minimum atomic E-state index is -0.792. The molecular weight excluding hydrogens is 254 g/mol. The molecule has 2 aromatic carbocycles. The maximum atomic E-state index is 13.0. The van der Waals surface area contributed by atoms with Crippen molar-refractivity contribution in [1.29, 1.82) is 5.26 Å². The quantitative estimate of drug-likeness (QED) is 0.782. The van der Waals surface area contributed by atoms with Gasteiger partial charge in [-0.15, -0.1) is 4.91 Å². The SMILES string of the molecule is N#Cc1cc(N=O)ccc1Oc1cc(F)cc(F)c1. The van der Waals surface area contributed by atoms with Gasteiger partial charge in [0.1, 0.15) is 34.9 Å². The molecule has 0 radical (unpaired) electrons. The highest BCUT2D eigenvalue weighted by atomic mass is 19.1. The van der Waals surface area contributed by atoms with E-state index in [0.717, 1.165) is 12.1 Å². The monoisotopic (exact) mass is 260 g/mol. The number of benzene rings is 2. The lowest BCUT2D eigenvalue weighted by Crippen LogP contribution is -1.90. The number of halogens is 2. The van der Waals surface area contributed by atoms with Crippen molar-refractivity contribution in [1.82, 2.24) is 0 Å². The second-order valence-corrected chi connectivity index (χ2v) is 3.59. The Morgan fingerprint density at radius 1 is 1.11 bits per heavy atom. The Morgan fingerprint density at radius 3 is 2.37 bits per heavy atom. The largest absolute Gasteiger partial charge is 0.456 e. The average Bonchev–Trinajstić information content (AvgIpc) is 2.38. The van der Waals surface area contributed by atoms with Gasteiger partial charge in [-0.25, -0.2) is 8.78 Å². The van der Waals surface area contributed by atoms with Gasteiger partial charge in [-0.1, -0.05) is 0 Å². The first kappa shape index (κ1) is 12.6. The molecule has 0 unspecified atom stereocenters. The number of nitriles is 1. The summed E-state index contributed by atoms with van der Waals surface area (Å²) in [6, 6.07) is 8.36. The van der Waals surface area contributed by atoms with Crippen LogP contribution in [-0.2, 0) is 0 Å². The van der Waals surface area contributed by atoms with E-state index in [-0.39, 0.29) is 22.7 Å². The van der Waals surface area contributed by atoms with Gasteiger partial charge in [-0.2, -0.15) is 5.26 Å². The van der Waals surface area contributed by atoms with E-state index in [1.165, 1.54) is 18.2 Å². The van der Waals surface area contributed by atoms with Crippen molar-refractivity contribution >= 4 is 5.69 Å². The van der Waals surface area contributed by atoms with Gasteiger partial charge in [-0.3, -0.25) is 0 Å². The van der Waals surface area contributed by atoms with E-state index in [9.17, 15) is 13.7 Å². The number of nitroso groups, excluding NO2 is 1. The summed E-state index contributed by atoms with van der Waals surface area (Å²) < 4.78 is 31.2. The van der Waals surface area contributed by atoms with Gasteiger partial charge in [0.25, 0.3) is 0 Å². The Balaban J connectivity index is 2.38. The van der Waals surface area contributed by atoms with Crippen LogP contribution in [0.15, 0.2) is 41.6 Å². The first-order valence-electron chi connectivity index (χ1n) is 5.14. The fraction of sp³-hybridized carbons (Fsp3) is 0. The van der Waals surface area contributed by atoms with Crippen LogP contribution in [0.4, 0.5) is 14.5 Å². The lowest BCUT2D eigenvalue weighted by atomic mass is 10.2. The van der Waals surface area contributed by atoms with Crippen LogP contribution in [0.3, 0.4) is 0 Å². The summed E-state index contributed by atoms with van der Waals surface area (Å²) in [5.41, 5.74) is 0.107. The Kier molecular flexibility index (Phi) is 3.48.